The molecule has 1 atom stereocenters. The lowest BCUT2D eigenvalue weighted by Gasteiger charge is -2.26. The molecule has 0 bridgehead atoms. The number of phenols is 1. The van der Waals surface area contributed by atoms with E-state index in [-0.39, 0.29) is 19.0 Å². The molecule has 18 heavy (non-hydrogen) atoms. The van der Waals surface area contributed by atoms with Gasteiger partial charge in [0.2, 0.25) is 0 Å². The Hall–Kier alpha value is -1.26. The molecule has 3 N–H and O–H groups in total. The highest BCUT2D eigenvalue weighted by molar-refractivity contribution is 5.54. The molecule has 1 unspecified atom stereocenters. The van der Waals surface area contributed by atoms with E-state index in [9.17, 15) is 5.11 Å². The Morgan fingerprint density at radius 3 is 2.72 bits per heavy atom. The van der Waals surface area contributed by atoms with Crippen molar-refractivity contribution in [3.8, 4) is 5.75 Å². The number of aliphatic hydroxyl groups is 2. The minimum atomic E-state index is 0.0454. The van der Waals surface area contributed by atoms with Crippen molar-refractivity contribution in [3.05, 3.63) is 23.8 Å². The Morgan fingerprint density at radius 2 is 2.06 bits per heavy atom. The third kappa shape index (κ3) is 2.76. The van der Waals surface area contributed by atoms with E-state index in [2.05, 4.69) is 4.90 Å². The molecule has 0 saturated carbocycles. The molecule has 1 aliphatic heterocycles. The first-order valence-corrected chi connectivity index (χ1v) is 6.56. The van der Waals surface area contributed by atoms with Gasteiger partial charge in [0.1, 0.15) is 5.75 Å². The molecule has 4 nitrogen and oxygen atoms in total. The lowest BCUT2D eigenvalue weighted by atomic mass is 10.1. The fraction of sp³-hybridized carbons (Fsp3) is 0.571. The second-order valence-electron chi connectivity index (χ2n) is 4.79. The summed E-state index contributed by atoms with van der Waals surface area (Å²) in [6, 6.07) is 5.99. The maximum absolute atomic E-state index is 9.91. The van der Waals surface area contributed by atoms with Gasteiger partial charge < -0.3 is 20.2 Å². The summed E-state index contributed by atoms with van der Waals surface area (Å²) in [7, 11) is 0. The average Bonchev–Trinajstić information content (AvgIpc) is 2.81. The molecule has 0 amide bonds. The molecule has 100 valence electrons. The molecule has 1 heterocycles. The minimum Gasteiger partial charge on any atom is -0.508 e. The van der Waals surface area contributed by atoms with Crippen LogP contribution in [0, 0.1) is 0 Å². The summed E-state index contributed by atoms with van der Waals surface area (Å²) < 4.78 is 0. The fourth-order valence-electron chi connectivity index (χ4n) is 2.69. The van der Waals surface area contributed by atoms with Crippen LogP contribution in [0.3, 0.4) is 0 Å². The van der Waals surface area contributed by atoms with E-state index in [1.807, 2.05) is 12.1 Å². The Balaban J connectivity index is 2.15. The van der Waals surface area contributed by atoms with Gasteiger partial charge in [-0.3, -0.25) is 0 Å². The standard InChI is InChI=1S/C14H21NO3/c16-8-5-11-3-4-13(10-14(11)18)15-7-1-2-12(15)6-9-17/h3-4,10,12,16-18H,1-2,5-9H2. The zero-order chi connectivity index (χ0) is 13.0. The lowest BCUT2D eigenvalue weighted by Crippen LogP contribution is -2.29. The van der Waals surface area contributed by atoms with Gasteiger partial charge in [0, 0.05) is 37.6 Å². The first kappa shape index (κ1) is 13.2. The highest BCUT2D eigenvalue weighted by atomic mass is 16.3. The molecule has 2 rings (SSSR count). The Kier molecular flexibility index (Phi) is 4.44. The largest absolute Gasteiger partial charge is 0.508 e. The lowest BCUT2D eigenvalue weighted by molar-refractivity contribution is 0.276. The predicted molar refractivity (Wildman–Crippen MR) is 71.0 cm³/mol. The van der Waals surface area contributed by atoms with Crippen molar-refractivity contribution in [3.63, 3.8) is 0 Å². The summed E-state index contributed by atoms with van der Waals surface area (Å²) in [5.41, 5.74) is 1.78. The van der Waals surface area contributed by atoms with Gasteiger partial charge in [-0.1, -0.05) is 6.07 Å². The van der Waals surface area contributed by atoms with E-state index < -0.39 is 0 Å². The zero-order valence-electron chi connectivity index (χ0n) is 10.5. The van der Waals surface area contributed by atoms with Gasteiger partial charge in [-0.15, -0.1) is 0 Å². The van der Waals surface area contributed by atoms with Crippen molar-refractivity contribution < 1.29 is 15.3 Å². The van der Waals surface area contributed by atoms with Gasteiger partial charge in [-0.25, -0.2) is 0 Å². The molecular weight excluding hydrogens is 230 g/mol. The molecule has 0 aromatic heterocycles. The van der Waals surface area contributed by atoms with E-state index >= 15 is 0 Å². The molecule has 1 saturated heterocycles. The first-order valence-electron chi connectivity index (χ1n) is 6.56. The topological polar surface area (TPSA) is 63.9 Å². The van der Waals surface area contributed by atoms with Crippen LogP contribution < -0.4 is 4.90 Å². The van der Waals surface area contributed by atoms with Gasteiger partial charge in [0.15, 0.2) is 0 Å². The van der Waals surface area contributed by atoms with Crippen molar-refractivity contribution in [1.82, 2.24) is 0 Å². The van der Waals surface area contributed by atoms with Crippen LogP contribution in [-0.2, 0) is 6.42 Å². The summed E-state index contributed by atoms with van der Waals surface area (Å²) in [5, 5.41) is 27.9. The third-order valence-corrected chi connectivity index (χ3v) is 3.62. The molecule has 4 heteroatoms. The molecular formula is C14H21NO3. The number of hydrogen-bond donors (Lipinski definition) is 3. The fourth-order valence-corrected chi connectivity index (χ4v) is 2.69. The molecule has 0 radical (unpaired) electrons. The van der Waals surface area contributed by atoms with Crippen molar-refractivity contribution >= 4 is 5.69 Å². The van der Waals surface area contributed by atoms with Gasteiger partial charge in [-0.2, -0.15) is 0 Å². The van der Waals surface area contributed by atoms with E-state index in [0.717, 1.165) is 37.1 Å². The number of benzene rings is 1. The number of aromatic hydroxyl groups is 1. The second kappa shape index (κ2) is 6.07. The van der Waals surface area contributed by atoms with Gasteiger partial charge in [0.25, 0.3) is 0 Å². The number of phenolic OH excluding ortho intramolecular Hbond substituents is 1. The molecule has 0 spiro atoms. The Labute approximate surface area is 107 Å². The molecule has 1 fully saturated rings. The van der Waals surface area contributed by atoms with Gasteiger partial charge in [-0.05, 0) is 37.3 Å². The highest BCUT2D eigenvalue weighted by Crippen LogP contribution is 2.31. The van der Waals surface area contributed by atoms with Crippen LogP contribution in [0.15, 0.2) is 18.2 Å². The third-order valence-electron chi connectivity index (χ3n) is 3.62. The monoisotopic (exact) mass is 251 g/mol. The van der Waals surface area contributed by atoms with Crippen molar-refractivity contribution in [2.75, 3.05) is 24.7 Å². The predicted octanol–water partition coefficient (Wildman–Crippen LogP) is 1.28. The summed E-state index contributed by atoms with van der Waals surface area (Å²) in [5.74, 6) is 0.246. The SMILES string of the molecule is OCCc1ccc(N2CCCC2CCO)cc1O. The van der Waals surface area contributed by atoms with Crippen LogP contribution in [0.5, 0.6) is 5.75 Å². The summed E-state index contributed by atoms with van der Waals surface area (Å²) in [6.45, 7) is 1.23. The van der Waals surface area contributed by atoms with Crippen LogP contribution in [0.4, 0.5) is 5.69 Å². The quantitative estimate of drug-likeness (QED) is 0.737. The van der Waals surface area contributed by atoms with Crippen LogP contribution >= 0.6 is 0 Å². The molecule has 1 aromatic carbocycles. The van der Waals surface area contributed by atoms with E-state index in [4.69, 9.17) is 10.2 Å². The van der Waals surface area contributed by atoms with Gasteiger partial charge >= 0.3 is 0 Å². The van der Waals surface area contributed by atoms with E-state index in [0.29, 0.717) is 12.5 Å². The Bertz CT molecular complexity index is 395. The Morgan fingerprint density at radius 1 is 1.22 bits per heavy atom. The van der Waals surface area contributed by atoms with Crippen LogP contribution in [0.1, 0.15) is 24.8 Å². The second-order valence-corrected chi connectivity index (χ2v) is 4.79. The number of anilines is 1. The number of nitrogens with zero attached hydrogens (tertiary/aromatic N) is 1. The minimum absolute atomic E-state index is 0.0454. The highest BCUT2D eigenvalue weighted by Gasteiger charge is 2.24. The summed E-state index contributed by atoms with van der Waals surface area (Å²) in [6.07, 6.45) is 3.48. The van der Waals surface area contributed by atoms with Crippen molar-refractivity contribution in [1.29, 1.82) is 0 Å². The molecule has 1 aromatic rings. The number of aliphatic hydroxyl groups excluding tert-OH is 2. The molecule has 1 aliphatic rings. The smallest absolute Gasteiger partial charge is 0.120 e. The molecule has 0 aliphatic carbocycles. The average molecular weight is 251 g/mol. The van der Waals surface area contributed by atoms with Crippen LogP contribution in [0.2, 0.25) is 0 Å². The van der Waals surface area contributed by atoms with Crippen LogP contribution in [-0.4, -0.2) is 41.1 Å². The van der Waals surface area contributed by atoms with Crippen LogP contribution in [0.25, 0.3) is 0 Å². The number of hydrogen-bond acceptors (Lipinski definition) is 4. The van der Waals surface area contributed by atoms with E-state index in [1.54, 1.807) is 6.07 Å². The zero-order valence-corrected chi connectivity index (χ0v) is 10.5. The summed E-state index contributed by atoms with van der Waals surface area (Å²) >= 11 is 0. The summed E-state index contributed by atoms with van der Waals surface area (Å²) in [4.78, 5) is 2.25. The maximum atomic E-state index is 9.91. The number of rotatable bonds is 5. The van der Waals surface area contributed by atoms with Crippen molar-refractivity contribution in [2.45, 2.75) is 31.7 Å². The van der Waals surface area contributed by atoms with Gasteiger partial charge in [0.05, 0.1) is 0 Å². The normalized spacial score (nSPS) is 19.4. The maximum Gasteiger partial charge on any atom is 0.120 e. The van der Waals surface area contributed by atoms with E-state index in [1.165, 1.54) is 0 Å². The first-order chi connectivity index (χ1) is 8.76. The van der Waals surface area contributed by atoms with Crippen molar-refractivity contribution in [2.24, 2.45) is 0 Å².